The van der Waals surface area contributed by atoms with Crippen molar-refractivity contribution in [1.29, 1.82) is 0 Å². The summed E-state index contributed by atoms with van der Waals surface area (Å²) in [6.45, 7) is -3.65. The van der Waals surface area contributed by atoms with Crippen LogP contribution in [0.5, 0.6) is 0 Å². The summed E-state index contributed by atoms with van der Waals surface area (Å²) in [6.07, 6.45) is 36.0. The Hall–Kier alpha value is -13.8. The molecule has 1 aromatic carbocycles. The van der Waals surface area contributed by atoms with Crippen molar-refractivity contribution in [2.75, 3.05) is 0 Å². The van der Waals surface area contributed by atoms with Gasteiger partial charge in [-0.15, -0.1) is 0 Å². The Labute approximate surface area is 630 Å². The quantitative estimate of drug-likeness (QED) is 0.142. The second-order valence-electron chi connectivity index (χ2n) is 27.6. The minimum atomic E-state index is -2.57. The van der Waals surface area contributed by atoms with Gasteiger partial charge >= 0.3 is 5.71 Å². The van der Waals surface area contributed by atoms with E-state index >= 15 is 0 Å². The maximum Gasteiger partial charge on any atom is 0.339 e. The van der Waals surface area contributed by atoms with Gasteiger partial charge in [0.2, 0.25) is 27.8 Å². The summed E-state index contributed by atoms with van der Waals surface area (Å²) in [5.74, 6) is 4.76. The predicted molar refractivity (Wildman–Crippen MR) is 411 cm³/mol. The minimum absolute atomic E-state index is 0.141. The molecule has 25 heterocycles. The molecule has 520 valence electrons. The highest BCUT2D eigenvalue weighted by Gasteiger charge is 2.41. The monoisotopic (exact) mass is 1440 g/mol. The molecule has 5 aliphatic heterocycles. The van der Waals surface area contributed by atoms with E-state index in [1.54, 1.807) is 73.2 Å². The van der Waals surface area contributed by atoms with E-state index < -0.39 is 20.9 Å². The summed E-state index contributed by atoms with van der Waals surface area (Å²) in [7, 11) is 8.20. The van der Waals surface area contributed by atoms with Crippen molar-refractivity contribution >= 4 is 120 Å². The maximum absolute atomic E-state index is 8.11. The highest BCUT2D eigenvalue weighted by atomic mass is 32.1. The van der Waals surface area contributed by atoms with Crippen molar-refractivity contribution in [1.82, 2.24) is 86.4 Å². The third-order valence-electron chi connectivity index (χ3n) is 22.1. The van der Waals surface area contributed by atoms with Crippen molar-refractivity contribution in [3.05, 3.63) is 243 Å². The molecule has 0 amide bonds. The lowest BCUT2D eigenvalue weighted by atomic mass is 10.2. The third kappa shape index (κ3) is 8.51. The summed E-state index contributed by atoms with van der Waals surface area (Å²) in [4.78, 5) is 43.5. The van der Waals surface area contributed by atoms with Crippen molar-refractivity contribution < 1.29 is 39.6 Å². The Morgan fingerprint density at radius 1 is 0.361 bits per heavy atom. The van der Waals surface area contributed by atoms with Crippen molar-refractivity contribution in [3.63, 3.8) is 0 Å². The summed E-state index contributed by atoms with van der Waals surface area (Å²) >= 11 is 1.81. The van der Waals surface area contributed by atoms with Crippen LogP contribution in [0.15, 0.2) is 219 Å². The zero-order valence-corrected chi connectivity index (χ0v) is 59.2. The molecular weight excluding hydrogens is 1370 g/mol. The fraction of sp³-hybridized carbons (Fsp3) is 0.145. The number of aryl methyl sites for hydroxylation is 7. The van der Waals surface area contributed by atoms with Gasteiger partial charge in [0.15, 0.2) is 27.6 Å². The van der Waals surface area contributed by atoms with Crippen molar-refractivity contribution in [3.8, 4) is 62.6 Å². The zero-order chi connectivity index (χ0) is 79.6. The Morgan fingerprint density at radius 2 is 0.750 bits per heavy atom. The lowest BCUT2D eigenvalue weighted by Gasteiger charge is -2.03. The Morgan fingerprint density at radius 3 is 1.27 bits per heavy atom. The smallest absolute Gasteiger partial charge is 0.339 e. The average molecular weight is 1440 g/mol. The number of benzene rings is 1. The molecule has 0 bridgehead atoms. The molecule has 0 N–H and O–H groups in total. The van der Waals surface area contributed by atoms with Gasteiger partial charge < -0.3 is 4.42 Å². The van der Waals surface area contributed by atoms with Crippen LogP contribution < -0.4 is 22.8 Å². The Kier molecular flexibility index (Phi) is 11.3. The number of hydrogen-bond donors (Lipinski definition) is 0. The molecule has 21 aromatic rings. The van der Waals surface area contributed by atoms with Gasteiger partial charge in [0.05, 0.1) is 160 Å². The summed E-state index contributed by atoms with van der Waals surface area (Å²) in [5.41, 5.74) is 23.7. The number of furan rings is 1. The zero-order valence-electron chi connectivity index (χ0n) is 67.3. The first kappa shape index (κ1) is 53.0. The van der Waals surface area contributed by atoms with Gasteiger partial charge in [-0.3, -0.25) is 59.0 Å². The van der Waals surface area contributed by atoms with Crippen molar-refractivity contribution in [2.45, 2.75) is 32.7 Å². The number of pyridine rings is 10. The van der Waals surface area contributed by atoms with E-state index in [1.165, 1.54) is 92.8 Å². The van der Waals surface area contributed by atoms with Crippen LogP contribution in [0.2, 0.25) is 0 Å². The summed E-state index contributed by atoms with van der Waals surface area (Å²) in [6, 6.07) is 30.5. The number of hydrogen-bond acceptors (Lipinski definition) is 12. The molecule has 0 spiro atoms. The fourth-order valence-corrected chi connectivity index (χ4v) is 18.6. The normalized spacial score (nSPS) is 14.5. The lowest BCUT2D eigenvalue weighted by molar-refractivity contribution is -0.640. The van der Waals surface area contributed by atoms with Gasteiger partial charge in [-0.1, -0.05) is 29.5 Å². The van der Waals surface area contributed by atoms with E-state index in [9.17, 15) is 0 Å². The molecule has 108 heavy (non-hydrogen) atoms. The van der Waals surface area contributed by atoms with Crippen LogP contribution in [-0.4, -0.2) is 86.4 Å². The molecule has 24 nitrogen and oxygen atoms in total. The Balaban J connectivity index is 0.0000000889. The van der Waals surface area contributed by atoms with Crippen LogP contribution in [0.3, 0.4) is 0 Å². The molecule has 25 heteroatoms. The van der Waals surface area contributed by atoms with Gasteiger partial charge in [-0.05, 0) is 72.8 Å². The van der Waals surface area contributed by atoms with E-state index in [4.69, 9.17) is 16.8 Å². The molecule has 5 aliphatic rings. The molecular formula is C83H66N23OS+5. The standard InChI is InChI=1S/C21H16N5.2C16H14N5.C15H11N4O.C15H11N4S/c1-24-20-17-11-22-9-7-14(17)13-25(20)19-16-8-10-23-12-18(16)26(21(19)24)15-5-3-2-4-6-15;2*1-19-13-8-18-6-4-11(13)14-16(19)20(2)15-12-7-17-5-3-10(12)9-21(14)15;2*1-18-14-11-6-16-4-2-9(11)8-19(14)13-10-3-5-17-7-12(10)20-15(13)18/h2-12H,13H2,1H3;2*3-8H,9H2,1-2H3;2*2-7H,8H2,1H3/q5*+1/i;1D3,2D3;2D3;;. The highest BCUT2D eigenvalue weighted by molar-refractivity contribution is 7.25. The molecule has 0 fully saturated rings. The van der Waals surface area contributed by atoms with Gasteiger partial charge in [0, 0.05) is 132 Å². The SMILES string of the molecule is C[n+]1c2n(c3c4ccncc4n(-c4ccccc4)c31)Cc1ccncc1-2.C[n+]1c2n(c3c4ccncc4oc31)Cc1ccncc1-2.C[n+]1c2n(c3c4ccncc4sc31)Cc1ccncc1-2.[2H]C([2H])([2H])[n+]1c2n(c3c4ccncc4n(C)c31)Cc1ccncc1-2.[2H]C([2H])([2H])n1c2cnccc2c2c1[n+](C([2H])([2H])[2H])c1n2Cc2ccncc2-1. The largest absolute Gasteiger partial charge is 0.417 e. The number of rotatable bonds is 1. The minimum Gasteiger partial charge on any atom is -0.417 e. The van der Waals surface area contributed by atoms with E-state index in [1.807, 2.05) is 116 Å². The van der Waals surface area contributed by atoms with E-state index in [-0.39, 0.29) is 5.65 Å². The van der Waals surface area contributed by atoms with Gasteiger partial charge in [-0.2, -0.15) is 4.57 Å². The Bertz CT molecular complexity index is 7630. The average Bonchev–Trinajstić information content (AvgIpc) is 1.52. The molecule has 20 aromatic heterocycles. The first-order valence-corrected chi connectivity index (χ1v) is 35.9. The number of para-hydroxylation sites is 1. The molecule has 0 radical (unpaired) electrons. The number of thiophene rings is 1. The van der Waals surface area contributed by atoms with Gasteiger partial charge in [0.25, 0.3) is 28.6 Å². The van der Waals surface area contributed by atoms with E-state index in [0.717, 1.165) is 101 Å². The fourth-order valence-electron chi connectivity index (χ4n) is 17.4. The second-order valence-corrected chi connectivity index (χ2v) is 28.6. The van der Waals surface area contributed by atoms with Crippen LogP contribution in [0.25, 0.3) is 171 Å². The second kappa shape index (κ2) is 23.1. The number of aromatic nitrogens is 23. The predicted octanol–water partition coefficient (Wildman–Crippen LogP) is 11.3. The first-order chi connectivity index (χ1) is 56.7. The maximum atomic E-state index is 8.11. The summed E-state index contributed by atoms with van der Waals surface area (Å²) < 4.78 is 105. The number of fused-ring (bicyclic) bond motifs is 35. The van der Waals surface area contributed by atoms with Gasteiger partial charge in [-0.25, -0.2) is 45.7 Å². The van der Waals surface area contributed by atoms with E-state index in [0.29, 0.717) is 52.4 Å². The van der Waals surface area contributed by atoms with E-state index in [2.05, 4.69) is 155 Å². The number of imidazole rings is 5. The lowest BCUT2D eigenvalue weighted by Crippen LogP contribution is -2.31. The van der Waals surface area contributed by atoms with Crippen molar-refractivity contribution in [2.24, 2.45) is 49.1 Å². The molecule has 0 saturated carbocycles. The van der Waals surface area contributed by atoms with Gasteiger partial charge in [0.1, 0.15) is 35.3 Å². The highest BCUT2D eigenvalue weighted by Crippen LogP contribution is 2.44. The number of nitrogens with zero attached hydrogens (tertiary/aromatic N) is 23. The van der Waals surface area contributed by atoms with Crippen LogP contribution in [0.4, 0.5) is 0 Å². The molecule has 26 rings (SSSR count). The van der Waals surface area contributed by atoms with Crippen LogP contribution in [0.1, 0.15) is 40.2 Å². The van der Waals surface area contributed by atoms with Crippen LogP contribution >= 0.6 is 11.3 Å². The first-order valence-electron chi connectivity index (χ1n) is 39.6. The van der Waals surface area contributed by atoms with Crippen LogP contribution in [-0.2, 0) is 81.8 Å². The third-order valence-corrected chi connectivity index (χ3v) is 23.3. The molecule has 0 saturated heterocycles. The molecule has 0 atom stereocenters. The summed E-state index contributed by atoms with van der Waals surface area (Å²) in [5, 5.41) is 5.29. The molecule has 0 unspecified atom stereocenters. The molecule has 0 aliphatic carbocycles. The van der Waals surface area contributed by atoms with Crippen LogP contribution in [0, 0.1) is 0 Å². The topological polar surface area (TPSA) is 201 Å².